The summed E-state index contributed by atoms with van der Waals surface area (Å²) in [7, 11) is 0. The lowest BCUT2D eigenvalue weighted by Crippen LogP contribution is -2.30. The molecule has 6 heteroatoms. The molecule has 0 fully saturated rings. The van der Waals surface area contributed by atoms with Crippen LogP contribution in [0.15, 0.2) is 6.20 Å². The van der Waals surface area contributed by atoms with Crippen molar-refractivity contribution in [2.75, 3.05) is 0 Å². The van der Waals surface area contributed by atoms with Gasteiger partial charge in [-0.25, -0.2) is 10.8 Å². The number of nitrogens with one attached hydrogen (secondary N) is 1. The van der Waals surface area contributed by atoms with Gasteiger partial charge in [0.1, 0.15) is 0 Å². The van der Waals surface area contributed by atoms with Crippen LogP contribution in [0.5, 0.6) is 0 Å². The fourth-order valence-electron chi connectivity index (χ4n) is 0.708. The summed E-state index contributed by atoms with van der Waals surface area (Å²) in [5, 5.41) is 0. The minimum absolute atomic E-state index is 0.181. The van der Waals surface area contributed by atoms with Crippen molar-refractivity contribution in [3.63, 3.8) is 0 Å². The predicted octanol–water partition coefficient (Wildman–Crippen LogP) is 0.719. The first-order valence-electron chi connectivity index (χ1n) is 3.32. The molecule has 12 heavy (non-hydrogen) atoms. The van der Waals surface area contributed by atoms with Crippen LogP contribution in [0.4, 0.5) is 0 Å². The predicted molar refractivity (Wildman–Crippen MR) is 47.8 cm³/mol. The molecule has 1 amide bonds. The van der Waals surface area contributed by atoms with Gasteiger partial charge < -0.3 is 0 Å². The molecule has 0 aliphatic carbocycles. The normalized spacial score (nSPS) is 9.83. The van der Waals surface area contributed by atoms with Gasteiger partial charge in [0.05, 0.1) is 0 Å². The van der Waals surface area contributed by atoms with Crippen LogP contribution in [0.1, 0.15) is 11.3 Å². The lowest BCUT2D eigenvalue weighted by molar-refractivity contribution is -0.121. The Morgan fingerprint density at radius 2 is 2.58 bits per heavy atom. The van der Waals surface area contributed by atoms with Crippen LogP contribution < -0.4 is 11.3 Å². The average molecular weight is 206 g/mol. The van der Waals surface area contributed by atoms with Crippen LogP contribution in [0.25, 0.3) is 0 Å². The highest BCUT2D eigenvalue weighted by molar-refractivity contribution is 7.15. The van der Waals surface area contributed by atoms with Gasteiger partial charge >= 0.3 is 0 Å². The van der Waals surface area contributed by atoms with E-state index in [0.717, 1.165) is 4.88 Å². The number of carbonyl (C=O) groups excluding carboxylic acids is 1. The highest BCUT2D eigenvalue weighted by atomic mass is 35.5. The van der Waals surface area contributed by atoms with Crippen molar-refractivity contribution in [3.05, 3.63) is 15.5 Å². The quantitative estimate of drug-likeness (QED) is 0.434. The van der Waals surface area contributed by atoms with E-state index in [0.29, 0.717) is 17.3 Å². The lowest BCUT2D eigenvalue weighted by Gasteiger charge is -1.95. The summed E-state index contributed by atoms with van der Waals surface area (Å²) in [5.41, 5.74) is 2.05. The number of hydrogen-bond donors (Lipinski definition) is 2. The number of carbonyl (C=O) groups is 1. The molecule has 0 unspecified atom stereocenters. The second-order valence-electron chi connectivity index (χ2n) is 2.15. The minimum atomic E-state index is -0.181. The smallest absolute Gasteiger partial charge is 0.234 e. The third-order valence-electron chi connectivity index (χ3n) is 1.28. The highest BCUT2D eigenvalue weighted by Crippen LogP contribution is 2.18. The molecular formula is C6H8ClN3OS. The number of thiazole rings is 1. The van der Waals surface area contributed by atoms with Crippen LogP contribution in [-0.4, -0.2) is 10.9 Å². The van der Waals surface area contributed by atoms with Crippen LogP contribution in [0.3, 0.4) is 0 Å². The zero-order valence-corrected chi connectivity index (χ0v) is 7.78. The summed E-state index contributed by atoms with van der Waals surface area (Å²) < 4.78 is 0.498. The standard InChI is InChI=1S/C6H8ClN3OS/c7-6-9-3-4(12-6)1-2-5(11)10-8/h3H,1-2,8H2,(H,10,11). The summed E-state index contributed by atoms with van der Waals surface area (Å²) >= 11 is 6.97. The number of rotatable bonds is 3. The Bertz CT molecular complexity index is 276. The lowest BCUT2D eigenvalue weighted by atomic mass is 10.3. The van der Waals surface area contributed by atoms with E-state index >= 15 is 0 Å². The van der Waals surface area contributed by atoms with Gasteiger partial charge in [0.15, 0.2) is 4.47 Å². The van der Waals surface area contributed by atoms with E-state index in [-0.39, 0.29) is 5.91 Å². The van der Waals surface area contributed by atoms with E-state index < -0.39 is 0 Å². The largest absolute Gasteiger partial charge is 0.294 e. The average Bonchev–Trinajstić information content (AvgIpc) is 2.47. The van der Waals surface area contributed by atoms with Gasteiger partial charge in [-0.15, -0.1) is 11.3 Å². The fourth-order valence-corrected chi connectivity index (χ4v) is 1.69. The molecule has 0 aliphatic heterocycles. The molecule has 1 aromatic rings. The number of aryl methyl sites for hydroxylation is 1. The molecule has 0 radical (unpaired) electrons. The Morgan fingerprint density at radius 1 is 1.83 bits per heavy atom. The van der Waals surface area contributed by atoms with E-state index in [1.54, 1.807) is 6.20 Å². The summed E-state index contributed by atoms with van der Waals surface area (Å²) in [4.78, 5) is 15.5. The first kappa shape index (κ1) is 9.44. The highest BCUT2D eigenvalue weighted by Gasteiger charge is 2.02. The molecule has 1 aromatic heterocycles. The van der Waals surface area contributed by atoms with E-state index in [1.807, 2.05) is 0 Å². The molecule has 0 aromatic carbocycles. The summed E-state index contributed by atoms with van der Waals surface area (Å²) in [6.07, 6.45) is 2.67. The minimum Gasteiger partial charge on any atom is -0.294 e. The first-order chi connectivity index (χ1) is 5.72. The van der Waals surface area contributed by atoms with E-state index in [2.05, 4.69) is 10.4 Å². The zero-order chi connectivity index (χ0) is 8.97. The molecule has 3 N–H and O–H groups in total. The van der Waals surface area contributed by atoms with E-state index in [1.165, 1.54) is 11.3 Å². The summed E-state index contributed by atoms with van der Waals surface area (Å²) in [6.45, 7) is 0. The van der Waals surface area contributed by atoms with Gasteiger partial charge in [0.25, 0.3) is 0 Å². The Morgan fingerprint density at radius 3 is 3.08 bits per heavy atom. The van der Waals surface area contributed by atoms with Gasteiger partial charge in [-0.3, -0.25) is 10.2 Å². The SMILES string of the molecule is NNC(=O)CCc1cnc(Cl)s1. The number of halogens is 1. The second kappa shape index (κ2) is 4.39. The van der Waals surface area contributed by atoms with Gasteiger partial charge in [0.2, 0.25) is 5.91 Å². The molecule has 0 saturated carbocycles. The molecule has 4 nitrogen and oxygen atoms in total. The van der Waals surface area contributed by atoms with Crippen molar-refractivity contribution in [1.82, 2.24) is 10.4 Å². The molecule has 0 atom stereocenters. The number of nitrogens with zero attached hydrogens (tertiary/aromatic N) is 1. The number of hydrogen-bond acceptors (Lipinski definition) is 4. The molecule has 0 aliphatic rings. The summed E-state index contributed by atoms with van der Waals surface area (Å²) in [6, 6.07) is 0. The molecule has 66 valence electrons. The second-order valence-corrected chi connectivity index (χ2v) is 3.84. The number of aromatic nitrogens is 1. The third-order valence-corrected chi connectivity index (χ3v) is 2.46. The van der Waals surface area contributed by atoms with E-state index in [9.17, 15) is 4.79 Å². The molecule has 0 bridgehead atoms. The first-order valence-corrected chi connectivity index (χ1v) is 4.51. The number of hydrazine groups is 1. The summed E-state index contributed by atoms with van der Waals surface area (Å²) in [5.74, 6) is 4.72. The third kappa shape index (κ3) is 2.77. The maximum atomic E-state index is 10.7. The van der Waals surface area contributed by atoms with Crippen LogP contribution in [0, 0.1) is 0 Å². The topological polar surface area (TPSA) is 68.0 Å². The maximum Gasteiger partial charge on any atom is 0.234 e. The van der Waals surface area contributed by atoms with Gasteiger partial charge in [-0.05, 0) is 6.42 Å². The van der Waals surface area contributed by atoms with Crippen molar-refractivity contribution >= 4 is 28.8 Å². The Balaban J connectivity index is 2.38. The van der Waals surface area contributed by atoms with Gasteiger partial charge in [-0.1, -0.05) is 11.6 Å². The van der Waals surface area contributed by atoms with Gasteiger partial charge in [-0.2, -0.15) is 0 Å². The molecule has 0 saturated heterocycles. The Hall–Kier alpha value is -0.650. The molecule has 0 spiro atoms. The maximum absolute atomic E-state index is 10.7. The van der Waals surface area contributed by atoms with Gasteiger partial charge in [0, 0.05) is 17.5 Å². The van der Waals surface area contributed by atoms with Crippen LogP contribution in [-0.2, 0) is 11.2 Å². The monoisotopic (exact) mass is 205 g/mol. The number of nitrogens with two attached hydrogens (primary N) is 1. The van der Waals surface area contributed by atoms with Crippen molar-refractivity contribution < 1.29 is 4.79 Å². The van der Waals surface area contributed by atoms with Crippen molar-refractivity contribution in [3.8, 4) is 0 Å². The molecule has 1 rings (SSSR count). The van der Waals surface area contributed by atoms with Crippen LogP contribution in [0.2, 0.25) is 4.47 Å². The molecular weight excluding hydrogens is 198 g/mol. The fraction of sp³-hybridized carbons (Fsp3) is 0.333. The van der Waals surface area contributed by atoms with Crippen molar-refractivity contribution in [2.45, 2.75) is 12.8 Å². The molecule has 1 heterocycles. The Labute approximate surface area is 78.7 Å². The van der Waals surface area contributed by atoms with Crippen molar-refractivity contribution in [1.29, 1.82) is 0 Å². The van der Waals surface area contributed by atoms with Crippen molar-refractivity contribution in [2.24, 2.45) is 5.84 Å². The van der Waals surface area contributed by atoms with E-state index in [4.69, 9.17) is 17.4 Å². The number of amides is 1. The zero-order valence-electron chi connectivity index (χ0n) is 6.21. The van der Waals surface area contributed by atoms with Crippen LogP contribution >= 0.6 is 22.9 Å². The Kier molecular flexibility index (Phi) is 3.46.